The van der Waals surface area contributed by atoms with Crippen molar-refractivity contribution >= 4 is 27.5 Å². The molecular formula is C19H17BrN2O3. The van der Waals surface area contributed by atoms with Crippen LogP contribution in [0.25, 0.3) is 11.3 Å². The molecule has 0 unspecified atom stereocenters. The Labute approximate surface area is 154 Å². The fraction of sp³-hybridized carbons (Fsp3) is 0.158. The molecule has 0 fully saturated rings. The van der Waals surface area contributed by atoms with Crippen molar-refractivity contribution in [3.8, 4) is 17.1 Å². The van der Waals surface area contributed by atoms with Crippen molar-refractivity contribution in [2.24, 2.45) is 0 Å². The molecule has 5 nitrogen and oxygen atoms in total. The Hall–Kier alpha value is -2.60. The van der Waals surface area contributed by atoms with Crippen LogP contribution < -0.4 is 10.1 Å². The lowest BCUT2D eigenvalue weighted by atomic mass is 10.1. The Kier molecular flexibility index (Phi) is 5.19. The zero-order valence-corrected chi connectivity index (χ0v) is 15.5. The molecule has 3 aromatic rings. The monoisotopic (exact) mass is 400 g/mol. The molecule has 6 heteroatoms. The molecule has 0 saturated heterocycles. The van der Waals surface area contributed by atoms with Crippen LogP contribution in [0.15, 0.2) is 57.5 Å². The molecule has 0 saturated carbocycles. The number of anilines is 1. The standard InChI is InChI=1S/C19H17BrN2O3/c1-12-8-14(6-7-17(12)20)21-19(23)11-15-10-18(25-22-15)13-4-3-5-16(9-13)24-2/h3-10H,11H2,1-2H3,(H,21,23). The second kappa shape index (κ2) is 7.53. The maximum absolute atomic E-state index is 12.2. The molecule has 0 aliphatic rings. The number of carbonyl (C=O) groups excluding carboxylic acids is 1. The third-order valence-electron chi connectivity index (χ3n) is 3.70. The summed E-state index contributed by atoms with van der Waals surface area (Å²) in [4.78, 5) is 12.2. The number of hydrogen-bond acceptors (Lipinski definition) is 4. The van der Waals surface area contributed by atoms with Crippen LogP contribution in [-0.4, -0.2) is 18.2 Å². The molecular weight excluding hydrogens is 384 g/mol. The first-order valence-corrected chi connectivity index (χ1v) is 8.50. The summed E-state index contributed by atoms with van der Waals surface area (Å²) in [6.07, 6.45) is 0.141. The smallest absolute Gasteiger partial charge is 0.230 e. The summed E-state index contributed by atoms with van der Waals surface area (Å²) in [5.74, 6) is 1.19. The molecule has 1 amide bonds. The highest BCUT2D eigenvalue weighted by Crippen LogP contribution is 2.25. The van der Waals surface area contributed by atoms with Gasteiger partial charge in [0, 0.05) is 21.8 Å². The highest BCUT2D eigenvalue weighted by atomic mass is 79.9. The Morgan fingerprint density at radius 1 is 1.24 bits per heavy atom. The van der Waals surface area contributed by atoms with E-state index >= 15 is 0 Å². The fourth-order valence-electron chi connectivity index (χ4n) is 2.40. The van der Waals surface area contributed by atoms with Crippen LogP contribution >= 0.6 is 15.9 Å². The summed E-state index contributed by atoms with van der Waals surface area (Å²) in [6, 6.07) is 14.9. The molecule has 0 atom stereocenters. The van der Waals surface area contributed by atoms with E-state index in [-0.39, 0.29) is 12.3 Å². The van der Waals surface area contributed by atoms with Crippen LogP contribution in [0.4, 0.5) is 5.69 Å². The molecule has 0 aliphatic carbocycles. The molecule has 1 N–H and O–H groups in total. The van der Waals surface area contributed by atoms with E-state index in [4.69, 9.17) is 9.26 Å². The predicted molar refractivity (Wildman–Crippen MR) is 99.7 cm³/mol. The van der Waals surface area contributed by atoms with E-state index in [0.717, 1.165) is 27.0 Å². The average molecular weight is 401 g/mol. The van der Waals surface area contributed by atoms with E-state index in [1.807, 2.05) is 49.4 Å². The number of nitrogens with one attached hydrogen (secondary N) is 1. The Balaban J connectivity index is 1.68. The van der Waals surface area contributed by atoms with Gasteiger partial charge in [0.15, 0.2) is 5.76 Å². The topological polar surface area (TPSA) is 64.4 Å². The summed E-state index contributed by atoms with van der Waals surface area (Å²) in [5, 5.41) is 6.84. The quantitative estimate of drug-likeness (QED) is 0.679. The van der Waals surface area contributed by atoms with Crippen molar-refractivity contribution in [1.82, 2.24) is 5.16 Å². The lowest BCUT2D eigenvalue weighted by Crippen LogP contribution is -2.14. The van der Waals surface area contributed by atoms with Crippen molar-refractivity contribution in [2.75, 3.05) is 12.4 Å². The van der Waals surface area contributed by atoms with Crippen LogP contribution in [-0.2, 0) is 11.2 Å². The molecule has 3 rings (SSSR count). The first-order chi connectivity index (χ1) is 12.0. The Bertz CT molecular complexity index is 905. The molecule has 1 heterocycles. The number of methoxy groups -OCH3 is 1. The lowest BCUT2D eigenvalue weighted by molar-refractivity contribution is -0.115. The lowest BCUT2D eigenvalue weighted by Gasteiger charge is -2.06. The van der Waals surface area contributed by atoms with E-state index in [1.54, 1.807) is 13.2 Å². The summed E-state index contributed by atoms with van der Waals surface area (Å²) < 4.78 is 11.6. The van der Waals surface area contributed by atoms with Gasteiger partial charge in [0.25, 0.3) is 0 Å². The van der Waals surface area contributed by atoms with E-state index in [1.165, 1.54) is 0 Å². The second-order valence-corrected chi connectivity index (χ2v) is 6.46. The minimum atomic E-state index is -0.146. The van der Waals surface area contributed by atoms with E-state index in [0.29, 0.717) is 11.5 Å². The zero-order valence-electron chi connectivity index (χ0n) is 13.9. The van der Waals surface area contributed by atoms with Gasteiger partial charge in [-0.25, -0.2) is 0 Å². The molecule has 2 aromatic carbocycles. The van der Waals surface area contributed by atoms with Crippen LogP contribution in [0, 0.1) is 6.92 Å². The molecule has 25 heavy (non-hydrogen) atoms. The van der Waals surface area contributed by atoms with E-state index < -0.39 is 0 Å². The van der Waals surface area contributed by atoms with Gasteiger partial charge in [-0.15, -0.1) is 0 Å². The third-order valence-corrected chi connectivity index (χ3v) is 4.59. The van der Waals surface area contributed by atoms with Gasteiger partial charge < -0.3 is 14.6 Å². The average Bonchev–Trinajstić information content (AvgIpc) is 3.06. The fourth-order valence-corrected chi connectivity index (χ4v) is 2.65. The molecule has 0 spiro atoms. The highest BCUT2D eigenvalue weighted by molar-refractivity contribution is 9.10. The molecule has 128 valence electrons. The number of carbonyl (C=O) groups is 1. The van der Waals surface area contributed by atoms with Gasteiger partial charge in [-0.05, 0) is 42.8 Å². The molecule has 0 aliphatic heterocycles. The number of ether oxygens (including phenoxy) is 1. The van der Waals surface area contributed by atoms with E-state index in [2.05, 4.69) is 26.4 Å². The van der Waals surface area contributed by atoms with Crippen molar-refractivity contribution < 1.29 is 14.1 Å². The largest absolute Gasteiger partial charge is 0.497 e. The van der Waals surface area contributed by atoms with Gasteiger partial charge in [0.2, 0.25) is 5.91 Å². The molecule has 0 radical (unpaired) electrons. The number of rotatable bonds is 5. The van der Waals surface area contributed by atoms with Crippen molar-refractivity contribution in [3.05, 3.63) is 64.3 Å². The number of hydrogen-bond donors (Lipinski definition) is 1. The SMILES string of the molecule is COc1cccc(-c2cc(CC(=O)Nc3ccc(Br)c(C)c3)no2)c1. The van der Waals surface area contributed by atoms with Gasteiger partial charge in [0.1, 0.15) is 5.75 Å². The number of aryl methyl sites for hydroxylation is 1. The number of aromatic nitrogens is 1. The minimum absolute atomic E-state index is 0.141. The Morgan fingerprint density at radius 2 is 2.08 bits per heavy atom. The Morgan fingerprint density at radius 3 is 2.84 bits per heavy atom. The summed E-state index contributed by atoms with van der Waals surface area (Å²) in [7, 11) is 1.61. The highest BCUT2D eigenvalue weighted by Gasteiger charge is 2.12. The first-order valence-electron chi connectivity index (χ1n) is 7.71. The van der Waals surface area contributed by atoms with Gasteiger partial charge in [-0.3, -0.25) is 4.79 Å². The molecule has 0 bridgehead atoms. The van der Waals surface area contributed by atoms with Crippen molar-refractivity contribution in [2.45, 2.75) is 13.3 Å². The number of benzene rings is 2. The van der Waals surface area contributed by atoms with Crippen LogP contribution in [0.5, 0.6) is 5.75 Å². The van der Waals surface area contributed by atoms with Crippen LogP contribution in [0.2, 0.25) is 0 Å². The maximum atomic E-state index is 12.2. The third kappa shape index (κ3) is 4.28. The van der Waals surface area contributed by atoms with Gasteiger partial charge in [0.05, 0.1) is 19.2 Å². The van der Waals surface area contributed by atoms with Crippen LogP contribution in [0.3, 0.4) is 0 Å². The van der Waals surface area contributed by atoms with Crippen molar-refractivity contribution in [1.29, 1.82) is 0 Å². The van der Waals surface area contributed by atoms with Gasteiger partial charge in [-0.1, -0.05) is 33.2 Å². The first kappa shape index (κ1) is 17.2. The minimum Gasteiger partial charge on any atom is -0.497 e. The van der Waals surface area contributed by atoms with Crippen LogP contribution in [0.1, 0.15) is 11.3 Å². The predicted octanol–water partition coefficient (Wildman–Crippen LogP) is 4.60. The van der Waals surface area contributed by atoms with E-state index in [9.17, 15) is 4.79 Å². The second-order valence-electron chi connectivity index (χ2n) is 5.60. The number of halogens is 1. The number of amides is 1. The molecule has 1 aromatic heterocycles. The summed E-state index contributed by atoms with van der Waals surface area (Å²) >= 11 is 3.44. The zero-order chi connectivity index (χ0) is 17.8. The van der Waals surface area contributed by atoms with Gasteiger partial charge >= 0.3 is 0 Å². The number of nitrogens with zero attached hydrogens (tertiary/aromatic N) is 1. The summed E-state index contributed by atoms with van der Waals surface area (Å²) in [5.41, 5.74) is 3.23. The normalized spacial score (nSPS) is 10.5. The van der Waals surface area contributed by atoms with Crippen molar-refractivity contribution in [3.63, 3.8) is 0 Å². The summed E-state index contributed by atoms with van der Waals surface area (Å²) in [6.45, 7) is 1.97. The maximum Gasteiger partial charge on any atom is 0.230 e. The van der Waals surface area contributed by atoms with Gasteiger partial charge in [-0.2, -0.15) is 0 Å².